The van der Waals surface area contributed by atoms with Gasteiger partial charge in [0.2, 0.25) is 0 Å². The molecule has 1 aromatic heterocycles. The van der Waals surface area contributed by atoms with Crippen molar-refractivity contribution in [1.82, 2.24) is 10.3 Å². The van der Waals surface area contributed by atoms with Crippen LogP contribution in [0.25, 0.3) is 0 Å². The summed E-state index contributed by atoms with van der Waals surface area (Å²) in [5.41, 5.74) is 1.10. The van der Waals surface area contributed by atoms with Crippen molar-refractivity contribution in [3.8, 4) is 0 Å². The van der Waals surface area contributed by atoms with Gasteiger partial charge in [0.25, 0.3) is 0 Å². The Morgan fingerprint density at radius 3 is 2.76 bits per heavy atom. The average Bonchev–Trinajstić information content (AvgIpc) is 2.83. The maximum Gasteiger partial charge on any atom is 0.123 e. The zero-order chi connectivity index (χ0) is 12.1. The Hall–Kier alpha value is -1.26. The zero-order valence-corrected chi connectivity index (χ0v) is 10.5. The molecule has 1 atom stereocenters. The molecule has 0 saturated heterocycles. The SMILES string of the molecule is CC(NCCc1nccs1)c1ccc(F)cc1. The normalized spacial score (nSPS) is 12.6. The van der Waals surface area contributed by atoms with Crippen LogP contribution in [0, 0.1) is 5.82 Å². The minimum Gasteiger partial charge on any atom is -0.310 e. The topological polar surface area (TPSA) is 24.9 Å². The molecule has 0 aliphatic carbocycles. The number of thiazole rings is 1. The third-order valence-electron chi connectivity index (χ3n) is 2.64. The fraction of sp³-hybridized carbons (Fsp3) is 0.308. The summed E-state index contributed by atoms with van der Waals surface area (Å²) >= 11 is 1.67. The lowest BCUT2D eigenvalue weighted by Gasteiger charge is -2.13. The average molecular weight is 250 g/mol. The second kappa shape index (κ2) is 5.89. The van der Waals surface area contributed by atoms with Crippen LogP contribution in [0.5, 0.6) is 0 Å². The third kappa shape index (κ3) is 3.61. The highest BCUT2D eigenvalue weighted by molar-refractivity contribution is 7.09. The quantitative estimate of drug-likeness (QED) is 0.881. The number of nitrogens with one attached hydrogen (secondary N) is 1. The molecule has 0 radical (unpaired) electrons. The molecule has 0 spiro atoms. The number of hydrogen-bond donors (Lipinski definition) is 1. The summed E-state index contributed by atoms with van der Waals surface area (Å²) in [7, 11) is 0. The molecule has 0 fully saturated rings. The lowest BCUT2D eigenvalue weighted by atomic mass is 10.1. The summed E-state index contributed by atoms with van der Waals surface area (Å²) in [6.07, 6.45) is 2.76. The van der Waals surface area contributed by atoms with Gasteiger partial charge >= 0.3 is 0 Å². The highest BCUT2D eigenvalue weighted by Gasteiger charge is 2.04. The van der Waals surface area contributed by atoms with Gasteiger partial charge in [-0.3, -0.25) is 0 Å². The Morgan fingerprint density at radius 1 is 1.35 bits per heavy atom. The van der Waals surface area contributed by atoms with Crippen molar-refractivity contribution in [2.45, 2.75) is 19.4 Å². The van der Waals surface area contributed by atoms with Crippen LogP contribution in [-0.4, -0.2) is 11.5 Å². The molecule has 0 amide bonds. The van der Waals surface area contributed by atoms with E-state index in [1.54, 1.807) is 11.3 Å². The standard InChI is InChI=1S/C13H15FN2S/c1-10(11-2-4-12(14)5-3-11)15-7-6-13-16-8-9-17-13/h2-5,8-10,15H,6-7H2,1H3. The predicted octanol–water partition coefficient (Wildman–Crippen LogP) is 3.18. The van der Waals surface area contributed by atoms with E-state index in [4.69, 9.17) is 0 Å². The van der Waals surface area contributed by atoms with Crippen molar-refractivity contribution in [2.75, 3.05) is 6.54 Å². The van der Waals surface area contributed by atoms with Crippen molar-refractivity contribution in [3.05, 3.63) is 52.2 Å². The van der Waals surface area contributed by atoms with E-state index >= 15 is 0 Å². The third-order valence-corrected chi connectivity index (χ3v) is 3.48. The first-order chi connectivity index (χ1) is 8.25. The first-order valence-corrected chi connectivity index (χ1v) is 6.51. The number of hydrogen-bond acceptors (Lipinski definition) is 3. The Kier molecular flexibility index (Phi) is 4.23. The van der Waals surface area contributed by atoms with Crippen molar-refractivity contribution >= 4 is 11.3 Å². The molecule has 0 saturated carbocycles. The van der Waals surface area contributed by atoms with Crippen molar-refractivity contribution < 1.29 is 4.39 Å². The van der Waals surface area contributed by atoms with E-state index in [0.717, 1.165) is 23.5 Å². The van der Waals surface area contributed by atoms with E-state index in [0.29, 0.717) is 0 Å². The predicted molar refractivity (Wildman–Crippen MR) is 68.6 cm³/mol. The van der Waals surface area contributed by atoms with Crippen LogP contribution in [0.15, 0.2) is 35.8 Å². The first kappa shape index (κ1) is 12.2. The van der Waals surface area contributed by atoms with Gasteiger partial charge in [-0.2, -0.15) is 0 Å². The molecule has 2 aromatic rings. The molecule has 0 aliphatic rings. The van der Waals surface area contributed by atoms with Crippen LogP contribution < -0.4 is 5.32 Å². The second-order valence-corrected chi connectivity index (χ2v) is 4.88. The van der Waals surface area contributed by atoms with Gasteiger partial charge in [-0.1, -0.05) is 12.1 Å². The summed E-state index contributed by atoms with van der Waals surface area (Å²) in [4.78, 5) is 4.23. The highest BCUT2D eigenvalue weighted by atomic mass is 32.1. The molecule has 90 valence electrons. The summed E-state index contributed by atoms with van der Waals surface area (Å²) in [5.74, 6) is -0.191. The number of benzene rings is 1. The van der Waals surface area contributed by atoms with Crippen molar-refractivity contribution in [3.63, 3.8) is 0 Å². The molecule has 17 heavy (non-hydrogen) atoms. The highest BCUT2D eigenvalue weighted by Crippen LogP contribution is 2.13. The molecule has 1 unspecified atom stereocenters. The lowest BCUT2D eigenvalue weighted by Crippen LogP contribution is -2.21. The monoisotopic (exact) mass is 250 g/mol. The van der Waals surface area contributed by atoms with Crippen LogP contribution in [0.3, 0.4) is 0 Å². The van der Waals surface area contributed by atoms with E-state index < -0.39 is 0 Å². The number of halogens is 1. The van der Waals surface area contributed by atoms with Crippen LogP contribution >= 0.6 is 11.3 Å². The molecular formula is C13H15FN2S. The van der Waals surface area contributed by atoms with Crippen LogP contribution in [0.2, 0.25) is 0 Å². The minimum absolute atomic E-state index is 0.191. The fourth-order valence-corrected chi connectivity index (χ4v) is 2.26. The Balaban J connectivity index is 1.81. The van der Waals surface area contributed by atoms with Gasteiger partial charge in [0.05, 0.1) is 5.01 Å². The number of rotatable bonds is 5. The summed E-state index contributed by atoms with van der Waals surface area (Å²) in [5, 5.41) is 6.53. The van der Waals surface area contributed by atoms with Crippen molar-refractivity contribution in [1.29, 1.82) is 0 Å². The number of aromatic nitrogens is 1. The van der Waals surface area contributed by atoms with E-state index in [9.17, 15) is 4.39 Å². The maximum atomic E-state index is 12.8. The molecule has 1 N–H and O–H groups in total. The number of nitrogens with zero attached hydrogens (tertiary/aromatic N) is 1. The molecule has 1 heterocycles. The Morgan fingerprint density at radius 2 is 2.12 bits per heavy atom. The molecule has 2 rings (SSSR count). The fourth-order valence-electron chi connectivity index (χ4n) is 1.64. The van der Waals surface area contributed by atoms with Gasteiger partial charge < -0.3 is 5.32 Å². The Labute approximate surface area is 105 Å². The van der Waals surface area contributed by atoms with E-state index in [1.165, 1.54) is 12.1 Å². The summed E-state index contributed by atoms with van der Waals surface area (Å²) < 4.78 is 12.8. The molecule has 0 bridgehead atoms. The smallest absolute Gasteiger partial charge is 0.123 e. The lowest BCUT2D eigenvalue weighted by molar-refractivity contribution is 0.572. The van der Waals surface area contributed by atoms with E-state index in [2.05, 4.69) is 17.2 Å². The Bertz CT molecular complexity index is 439. The van der Waals surface area contributed by atoms with Crippen molar-refractivity contribution in [2.24, 2.45) is 0 Å². The van der Waals surface area contributed by atoms with Crippen LogP contribution in [0.4, 0.5) is 4.39 Å². The molecule has 4 heteroatoms. The van der Waals surface area contributed by atoms with Gasteiger partial charge in [0.1, 0.15) is 5.82 Å². The molecule has 0 aliphatic heterocycles. The molecular weight excluding hydrogens is 235 g/mol. The van der Waals surface area contributed by atoms with Gasteiger partial charge in [0.15, 0.2) is 0 Å². The largest absolute Gasteiger partial charge is 0.310 e. The van der Waals surface area contributed by atoms with E-state index in [1.807, 2.05) is 23.7 Å². The van der Waals surface area contributed by atoms with Gasteiger partial charge in [-0.05, 0) is 24.6 Å². The maximum absolute atomic E-state index is 12.8. The van der Waals surface area contributed by atoms with Crippen LogP contribution in [0.1, 0.15) is 23.5 Å². The van der Waals surface area contributed by atoms with Crippen LogP contribution in [-0.2, 0) is 6.42 Å². The van der Waals surface area contributed by atoms with Gasteiger partial charge in [-0.25, -0.2) is 9.37 Å². The zero-order valence-electron chi connectivity index (χ0n) is 9.69. The van der Waals surface area contributed by atoms with Gasteiger partial charge in [-0.15, -0.1) is 11.3 Å². The molecule has 2 nitrogen and oxygen atoms in total. The first-order valence-electron chi connectivity index (χ1n) is 5.63. The molecule has 1 aromatic carbocycles. The second-order valence-electron chi connectivity index (χ2n) is 3.90. The minimum atomic E-state index is -0.191. The summed E-state index contributed by atoms with van der Waals surface area (Å²) in [6, 6.07) is 6.85. The van der Waals surface area contributed by atoms with E-state index in [-0.39, 0.29) is 11.9 Å². The summed E-state index contributed by atoms with van der Waals surface area (Å²) in [6.45, 7) is 2.96. The van der Waals surface area contributed by atoms with Gasteiger partial charge in [0, 0.05) is 30.6 Å².